The number of hydrogen-bond donors (Lipinski definition) is 2. The molecule has 5 rings (SSSR count). The van der Waals surface area contributed by atoms with Crippen molar-refractivity contribution in [2.75, 3.05) is 18.5 Å². The molecule has 41 heavy (non-hydrogen) atoms. The predicted molar refractivity (Wildman–Crippen MR) is 150 cm³/mol. The Balaban J connectivity index is 1.39. The number of nitrogens with one attached hydrogen (secondary N) is 2. The average molecular weight is 559 g/mol. The number of esters is 1. The molecule has 2 aromatic carbocycles. The highest BCUT2D eigenvalue weighted by Gasteiger charge is 2.35. The van der Waals surface area contributed by atoms with Crippen LogP contribution in [-0.2, 0) is 20.9 Å². The van der Waals surface area contributed by atoms with Crippen molar-refractivity contribution in [3.8, 4) is 16.9 Å². The number of aromatic nitrogens is 4. The van der Waals surface area contributed by atoms with Crippen LogP contribution in [0, 0.1) is 18.7 Å². The minimum absolute atomic E-state index is 0.278. The van der Waals surface area contributed by atoms with E-state index in [0.29, 0.717) is 48.5 Å². The molecule has 1 fully saturated rings. The first-order chi connectivity index (χ1) is 19.9. The second kappa shape index (κ2) is 12.7. The Morgan fingerprint density at radius 3 is 2.61 bits per heavy atom. The van der Waals surface area contributed by atoms with E-state index in [1.165, 1.54) is 18.5 Å². The van der Waals surface area contributed by atoms with Gasteiger partial charge in [0.2, 0.25) is 0 Å². The molecule has 2 atom stereocenters. The highest BCUT2D eigenvalue weighted by Crippen LogP contribution is 2.34. The van der Waals surface area contributed by atoms with Crippen LogP contribution < -0.4 is 15.4 Å². The van der Waals surface area contributed by atoms with Gasteiger partial charge >= 0.3 is 5.97 Å². The zero-order chi connectivity index (χ0) is 28.8. The number of nitrogens with zero attached hydrogens (tertiary/aromatic N) is 4. The first kappa shape index (κ1) is 27.9. The summed E-state index contributed by atoms with van der Waals surface area (Å²) in [5.41, 5.74) is 3.55. The van der Waals surface area contributed by atoms with E-state index >= 15 is 0 Å². The number of hydrogen-bond acceptors (Lipinski definition) is 9. The Bertz CT molecular complexity index is 1530. The largest absolute Gasteiger partial charge is 0.481 e. The van der Waals surface area contributed by atoms with Crippen molar-refractivity contribution < 1.29 is 23.5 Å². The van der Waals surface area contributed by atoms with Gasteiger partial charge in [0.05, 0.1) is 30.5 Å². The zero-order valence-corrected chi connectivity index (χ0v) is 22.9. The van der Waals surface area contributed by atoms with Crippen LogP contribution in [0.4, 0.5) is 10.2 Å². The van der Waals surface area contributed by atoms with Gasteiger partial charge in [-0.05, 0) is 74.2 Å². The second-order valence-corrected chi connectivity index (χ2v) is 9.87. The minimum Gasteiger partial charge on any atom is -0.481 e. The molecular weight excluding hydrogens is 527 g/mol. The van der Waals surface area contributed by atoms with Crippen LogP contribution in [-0.4, -0.2) is 51.3 Å². The first-order valence-electron chi connectivity index (χ1n) is 13.6. The number of ether oxygens (including phenoxy) is 2. The topological polar surface area (TPSA) is 128 Å². The van der Waals surface area contributed by atoms with Crippen LogP contribution in [0.3, 0.4) is 0 Å². The maximum atomic E-state index is 13.6. The Morgan fingerprint density at radius 2 is 1.85 bits per heavy atom. The van der Waals surface area contributed by atoms with E-state index in [0.717, 1.165) is 28.9 Å². The summed E-state index contributed by atoms with van der Waals surface area (Å²) in [5.74, 6) is -0.439. The molecule has 0 radical (unpaired) electrons. The van der Waals surface area contributed by atoms with E-state index in [4.69, 9.17) is 9.47 Å². The van der Waals surface area contributed by atoms with Gasteiger partial charge in [-0.2, -0.15) is 10.2 Å². The molecule has 1 aliphatic carbocycles. The van der Waals surface area contributed by atoms with Gasteiger partial charge in [0.15, 0.2) is 6.61 Å². The van der Waals surface area contributed by atoms with Crippen LogP contribution in [0.2, 0.25) is 0 Å². The van der Waals surface area contributed by atoms with E-state index in [1.807, 2.05) is 25.1 Å². The number of fused-ring (bicyclic) bond motifs is 1. The van der Waals surface area contributed by atoms with Crippen molar-refractivity contribution in [2.45, 2.75) is 45.7 Å². The van der Waals surface area contributed by atoms with Gasteiger partial charge in [0, 0.05) is 11.4 Å². The lowest BCUT2D eigenvalue weighted by Gasteiger charge is -2.20. The lowest BCUT2D eigenvalue weighted by molar-refractivity contribution is -0.148. The number of amides is 1. The summed E-state index contributed by atoms with van der Waals surface area (Å²) in [4.78, 5) is 34.0. The third-order valence-electron chi connectivity index (χ3n) is 6.98. The molecule has 0 bridgehead atoms. The number of carbonyl (C=O) groups excluding carboxylic acids is 2. The highest BCUT2D eigenvalue weighted by molar-refractivity contribution is 5.96. The number of halogens is 1. The number of anilines is 1. The van der Waals surface area contributed by atoms with Crippen LogP contribution >= 0.6 is 0 Å². The highest BCUT2D eigenvalue weighted by atomic mass is 19.1. The van der Waals surface area contributed by atoms with Gasteiger partial charge in [-0.25, -0.2) is 14.4 Å². The monoisotopic (exact) mass is 558 g/mol. The zero-order valence-electron chi connectivity index (χ0n) is 22.9. The molecule has 0 aliphatic heterocycles. The molecule has 1 unspecified atom stereocenters. The molecule has 1 amide bonds. The Morgan fingerprint density at radius 1 is 1.02 bits per heavy atom. The number of aryl methyl sites for hydroxylation is 1. The molecular formula is C30H31FN6O4. The summed E-state index contributed by atoms with van der Waals surface area (Å²) in [6, 6.07) is 13.2. The predicted octanol–water partition coefficient (Wildman–Crippen LogP) is 4.37. The Hall–Kier alpha value is -4.67. The number of rotatable bonds is 10. The molecule has 0 spiro atoms. The third kappa shape index (κ3) is 6.74. The maximum Gasteiger partial charge on any atom is 0.311 e. The van der Waals surface area contributed by atoms with Crippen molar-refractivity contribution in [1.29, 1.82) is 0 Å². The van der Waals surface area contributed by atoms with Gasteiger partial charge in [-0.15, -0.1) is 0 Å². The fourth-order valence-electron chi connectivity index (χ4n) is 4.95. The average Bonchev–Trinajstić information content (AvgIpc) is 3.44. The molecule has 2 heterocycles. The van der Waals surface area contributed by atoms with E-state index < -0.39 is 0 Å². The standard InChI is InChI=1S/C30H31FN6O4/c1-3-40-30(39)23-5-4-6-25(23)35-27(38)16-41-26-14-20(19-8-10-21(31)11-9-19)13-24-28(26)33-17-34-29(24)32-15-22-12-7-18(2)36-37-22/h7-14,17,23,25H,3-6,15-16H2,1-2H3,(H,35,38)(H,32,33,34)/t23-,25?/m1/s1. The molecule has 11 heteroatoms. The lowest BCUT2D eigenvalue weighted by Crippen LogP contribution is -2.42. The summed E-state index contributed by atoms with van der Waals surface area (Å²) in [6.07, 6.45) is 3.63. The van der Waals surface area contributed by atoms with Crippen molar-refractivity contribution >= 4 is 28.6 Å². The fraction of sp³-hybridized carbons (Fsp3) is 0.333. The minimum atomic E-state index is -0.360. The van der Waals surface area contributed by atoms with Crippen LogP contribution in [0.1, 0.15) is 37.6 Å². The van der Waals surface area contributed by atoms with Gasteiger partial charge in [-0.3, -0.25) is 9.59 Å². The van der Waals surface area contributed by atoms with E-state index in [2.05, 4.69) is 30.8 Å². The number of benzene rings is 2. The van der Waals surface area contributed by atoms with Crippen molar-refractivity contribution in [1.82, 2.24) is 25.5 Å². The normalized spacial score (nSPS) is 16.4. The van der Waals surface area contributed by atoms with Gasteiger partial charge in [-0.1, -0.05) is 18.6 Å². The maximum absolute atomic E-state index is 13.6. The number of carbonyl (C=O) groups is 2. The summed E-state index contributed by atoms with van der Waals surface area (Å²) < 4.78 is 24.8. The summed E-state index contributed by atoms with van der Waals surface area (Å²) in [5, 5.41) is 15.2. The van der Waals surface area contributed by atoms with Crippen molar-refractivity contribution in [3.63, 3.8) is 0 Å². The summed E-state index contributed by atoms with van der Waals surface area (Å²) in [7, 11) is 0. The summed E-state index contributed by atoms with van der Waals surface area (Å²) >= 11 is 0. The van der Waals surface area contributed by atoms with E-state index in [9.17, 15) is 14.0 Å². The Kier molecular flexibility index (Phi) is 8.61. The van der Waals surface area contributed by atoms with Gasteiger partial charge < -0.3 is 20.1 Å². The van der Waals surface area contributed by atoms with Crippen LogP contribution in [0.25, 0.3) is 22.0 Å². The lowest BCUT2D eigenvalue weighted by atomic mass is 10.0. The smallest absolute Gasteiger partial charge is 0.311 e. The van der Waals surface area contributed by atoms with Crippen molar-refractivity contribution in [3.05, 3.63) is 72.1 Å². The van der Waals surface area contributed by atoms with E-state index in [1.54, 1.807) is 25.1 Å². The quantitative estimate of drug-likeness (QED) is 0.273. The summed E-state index contributed by atoms with van der Waals surface area (Å²) in [6.45, 7) is 4.03. The van der Waals surface area contributed by atoms with E-state index in [-0.39, 0.29) is 36.3 Å². The second-order valence-electron chi connectivity index (χ2n) is 9.87. The van der Waals surface area contributed by atoms with Crippen LogP contribution in [0.5, 0.6) is 5.75 Å². The molecule has 2 aromatic heterocycles. The molecule has 10 nitrogen and oxygen atoms in total. The molecule has 1 aliphatic rings. The first-order valence-corrected chi connectivity index (χ1v) is 13.6. The third-order valence-corrected chi connectivity index (χ3v) is 6.98. The van der Waals surface area contributed by atoms with Crippen molar-refractivity contribution in [2.24, 2.45) is 5.92 Å². The fourth-order valence-corrected chi connectivity index (χ4v) is 4.95. The molecule has 2 N–H and O–H groups in total. The van der Waals surface area contributed by atoms with Crippen LogP contribution in [0.15, 0.2) is 54.9 Å². The SMILES string of the molecule is CCOC(=O)[C@@H]1CCCC1NC(=O)COc1cc(-c2ccc(F)cc2)cc2c(NCc3ccc(C)nn3)ncnc12. The molecule has 212 valence electrons. The molecule has 0 saturated heterocycles. The molecule has 4 aromatic rings. The van der Waals surface area contributed by atoms with Gasteiger partial charge in [0.1, 0.15) is 29.2 Å². The van der Waals surface area contributed by atoms with Gasteiger partial charge in [0.25, 0.3) is 5.91 Å². The molecule has 1 saturated carbocycles. The Labute approximate surface area is 236 Å².